The zero-order valence-electron chi connectivity index (χ0n) is 9.95. The number of aliphatic carboxylic acids is 1. The fraction of sp³-hybridized carbons (Fsp3) is 0.429. The molecule has 1 aromatic carbocycles. The van der Waals surface area contributed by atoms with Crippen LogP contribution in [0.4, 0.5) is 0 Å². The van der Waals surface area contributed by atoms with Gasteiger partial charge in [0, 0.05) is 5.56 Å². The number of hydrogen-bond acceptors (Lipinski definition) is 2. The maximum atomic E-state index is 11.5. The highest BCUT2D eigenvalue weighted by Gasteiger charge is 2.16. The van der Waals surface area contributed by atoms with Crippen LogP contribution in [0.2, 0.25) is 0 Å². The van der Waals surface area contributed by atoms with Crippen LogP contribution in [0.15, 0.2) is 12.1 Å². The lowest BCUT2D eigenvalue weighted by Gasteiger charge is -2.18. The van der Waals surface area contributed by atoms with Gasteiger partial charge in [-0.05, 0) is 55.4 Å². The third-order valence-corrected chi connectivity index (χ3v) is 3.29. The molecule has 0 aromatic heterocycles. The van der Waals surface area contributed by atoms with Gasteiger partial charge in [0.15, 0.2) is 5.78 Å². The van der Waals surface area contributed by atoms with Gasteiger partial charge in [0.25, 0.3) is 0 Å². The van der Waals surface area contributed by atoms with Crippen LogP contribution in [0.25, 0.3) is 0 Å². The van der Waals surface area contributed by atoms with Gasteiger partial charge in [-0.25, -0.2) is 0 Å². The minimum Gasteiger partial charge on any atom is -0.481 e. The maximum absolute atomic E-state index is 11.5. The van der Waals surface area contributed by atoms with Crippen LogP contribution in [0.3, 0.4) is 0 Å². The van der Waals surface area contributed by atoms with E-state index in [1.807, 2.05) is 12.1 Å². The summed E-state index contributed by atoms with van der Waals surface area (Å²) in [6.45, 7) is 1.50. The highest BCUT2D eigenvalue weighted by Crippen LogP contribution is 2.25. The van der Waals surface area contributed by atoms with E-state index < -0.39 is 5.97 Å². The number of carboxylic acids is 1. The van der Waals surface area contributed by atoms with Gasteiger partial charge < -0.3 is 5.11 Å². The highest BCUT2D eigenvalue weighted by molar-refractivity contribution is 5.97. The van der Waals surface area contributed by atoms with Gasteiger partial charge >= 0.3 is 5.97 Å². The molecule has 0 saturated heterocycles. The number of aryl methyl sites for hydroxylation is 2. The van der Waals surface area contributed by atoms with E-state index in [1.54, 1.807) is 0 Å². The lowest BCUT2D eigenvalue weighted by atomic mass is 9.86. The largest absolute Gasteiger partial charge is 0.481 e. The molecule has 2 rings (SSSR count). The summed E-state index contributed by atoms with van der Waals surface area (Å²) < 4.78 is 0. The molecule has 17 heavy (non-hydrogen) atoms. The van der Waals surface area contributed by atoms with Gasteiger partial charge in [0.2, 0.25) is 0 Å². The molecule has 3 heteroatoms. The number of fused-ring (bicyclic) bond motifs is 1. The van der Waals surface area contributed by atoms with Crippen LogP contribution in [0, 0.1) is 0 Å². The molecular weight excluding hydrogens is 216 g/mol. The van der Waals surface area contributed by atoms with Crippen molar-refractivity contribution in [2.75, 3.05) is 0 Å². The molecule has 1 aliphatic rings. The Hall–Kier alpha value is -1.64. The highest BCUT2D eigenvalue weighted by atomic mass is 16.4. The first-order valence-electron chi connectivity index (χ1n) is 5.95. The third-order valence-electron chi connectivity index (χ3n) is 3.29. The fourth-order valence-electron chi connectivity index (χ4n) is 2.47. The van der Waals surface area contributed by atoms with Crippen LogP contribution in [0.5, 0.6) is 0 Å². The Balaban J connectivity index is 2.47. The molecule has 0 aliphatic heterocycles. The van der Waals surface area contributed by atoms with E-state index in [0.717, 1.165) is 25.7 Å². The molecule has 0 fully saturated rings. The van der Waals surface area contributed by atoms with Crippen molar-refractivity contribution in [2.45, 2.75) is 39.0 Å². The summed E-state index contributed by atoms with van der Waals surface area (Å²) in [5, 5.41) is 8.87. The fourth-order valence-corrected chi connectivity index (χ4v) is 2.47. The minimum absolute atomic E-state index is 0.0466. The molecule has 0 radical (unpaired) electrons. The van der Waals surface area contributed by atoms with E-state index in [1.165, 1.54) is 18.1 Å². The Morgan fingerprint density at radius 1 is 1.18 bits per heavy atom. The van der Waals surface area contributed by atoms with Crippen molar-refractivity contribution in [3.05, 3.63) is 34.4 Å². The second-order valence-electron chi connectivity index (χ2n) is 4.61. The smallest absolute Gasteiger partial charge is 0.307 e. The Bertz CT molecular complexity index is 475. The summed E-state index contributed by atoms with van der Waals surface area (Å²) in [5.41, 5.74) is 3.67. The second kappa shape index (κ2) is 4.70. The molecule has 0 amide bonds. The van der Waals surface area contributed by atoms with E-state index in [0.29, 0.717) is 11.1 Å². The van der Waals surface area contributed by atoms with Crippen molar-refractivity contribution in [3.8, 4) is 0 Å². The van der Waals surface area contributed by atoms with Crippen molar-refractivity contribution in [2.24, 2.45) is 0 Å². The summed E-state index contributed by atoms with van der Waals surface area (Å²) in [7, 11) is 0. The topological polar surface area (TPSA) is 54.4 Å². The van der Waals surface area contributed by atoms with Gasteiger partial charge in [-0.3, -0.25) is 9.59 Å². The molecule has 0 heterocycles. The Kier molecular flexibility index (Phi) is 3.27. The number of benzene rings is 1. The minimum atomic E-state index is -0.886. The van der Waals surface area contributed by atoms with Crippen molar-refractivity contribution in [3.63, 3.8) is 0 Å². The Morgan fingerprint density at radius 3 is 2.29 bits per heavy atom. The number of hydrogen-bond donors (Lipinski definition) is 1. The van der Waals surface area contributed by atoms with Crippen LogP contribution in [0.1, 0.15) is 46.8 Å². The standard InChI is InChI=1S/C14H16O3/c1-9(15)13-7-11-5-3-2-4-10(11)6-12(13)8-14(16)17/h6-7H,2-5,8H2,1H3,(H,16,17). The lowest BCUT2D eigenvalue weighted by Crippen LogP contribution is -2.11. The first kappa shape index (κ1) is 11.8. The average molecular weight is 232 g/mol. The summed E-state index contributed by atoms with van der Waals surface area (Å²) in [6.07, 6.45) is 4.24. The van der Waals surface area contributed by atoms with Crippen molar-refractivity contribution >= 4 is 11.8 Å². The predicted molar refractivity (Wildman–Crippen MR) is 64.4 cm³/mol. The van der Waals surface area contributed by atoms with Crippen molar-refractivity contribution in [1.82, 2.24) is 0 Å². The third kappa shape index (κ3) is 2.54. The van der Waals surface area contributed by atoms with E-state index in [2.05, 4.69) is 0 Å². The van der Waals surface area contributed by atoms with Crippen LogP contribution in [-0.4, -0.2) is 16.9 Å². The average Bonchev–Trinajstić information content (AvgIpc) is 2.27. The summed E-state index contributed by atoms with van der Waals surface area (Å²) in [5.74, 6) is -0.933. The van der Waals surface area contributed by atoms with Gasteiger partial charge in [0.1, 0.15) is 0 Å². The SMILES string of the molecule is CC(=O)c1cc2c(cc1CC(=O)O)CCCC2. The molecular formula is C14H16O3. The van der Waals surface area contributed by atoms with Crippen LogP contribution in [-0.2, 0) is 24.1 Å². The molecule has 1 aliphatic carbocycles. The Morgan fingerprint density at radius 2 is 1.76 bits per heavy atom. The number of carboxylic acid groups (broad SMARTS) is 1. The van der Waals surface area contributed by atoms with Gasteiger partial charge in [-0.15, -0.1) is 0 Å². The monoisotopic (exact) mass is 232 g/mol. The number of rotatable bonds is 3. The number of carbonyl (C=O) groups excluding carboxylic acids is 1. The van der Waals surface area contributed by atoms with Crippen LogP contribution < -0.4 is 0 Å². The number of Topliss-reactive ketones (excluding diaryl/α,β-unsaturated/α-hetero) is 1. The molecule has 1 aromatic rings. The summed E-state index contributed by atoms with van der Waals surface area (Å²) >= 11 is 0. The summed E-state index contributed by atoms with van der Waals surface area (Å²) in [4.78, 5) is 22.3. The zero-order valence-corrected chi connectivity index (χ0v) is 9.95. The zero-order chi connectivity index (χ0) is 12.4. The number of ketones is 1. The summed E-state index contributed by atoms with van der Waals surface area (Å²) in [6, 6.07) is 3.81. The van der Waals surface area contributed by atoms with Gasteiger partial charge in [-0.1, -0.05) is 6.07 Å². The predicted octanol–water partition coefficient (Wildman–Crippen LogP) is 2.40. The molecule has 90 valence electrons. The van der Waals surface area contributed by atoms with E-state index in [4.69, 9.17) is 5.11 Å². The van der Waals surface area contributed by atoms with Crippen molar-refractivity contribution < 1.29 is 14.7 Å². The van der Waals surface area contributed by atoms with Gasteiger partial charge in [-0.2, -0.15) is 0 Å². The van der Waals surface area contributed by atoms with Crippen molar-refractivity contribution in [1.29, 1.82) is 0 Å². The molecule has 0 spiro atoms. The normalized spacial score (nSPS) is 14.2. The van der Waals surface area contributed by atoms with E-state index >= 15 is 0 Å². The first-order chi connectivity index (χ1) is 8.08. The van der Waals surface area contributed by atoms with E-state index in [-0.39, 0.29) is 12.2 Å². The quantitative estimate of drug-likeness (QED) is 0.814. The number of carbonyl (C=O) groups is 2. The first-order valence-corrected chi connectivity index (χ1v) is 5.95. The van der Waals surface area contributed by atoms with Crippen LogP contribution >= 0.6 is 0 Å². The molecule has 3 nitrogen and oxygen atoms in total. The molecule has 0 bridgehead atoms. The lowest BCUT2D eigenvalue weighted by molar-refractivity contribution is -0.136. The maximum Gasteiger partial charge on any atom is 0.307 e. The Labute approximate surface area is 100 Å². The molecule has 0 unspecified atom stereocenters. The van der Waals surface area contributed by atoms with Gasteiger partial charge in [0.05, 0.1) is 6.42 Å². The molecule has 1 N–H and O–H groups in total. The molecule has 0 saturated carbocycles. The molecule has 0 atom stereocenters. The second-order valence-corrected chi connectivity index (χ2v) is 4.61. The van der Waals surface area contributed by atoms with E-state index in [9.17, 15) is 9.59 Å².